The molecule has 30 heavy (non-hydrogen) atoms. The molecule has 1 heterocycles. The van der Waals surface area contributed by atoms with Crippen LogP contribution in [0.5, 0.6) is 0 Å². The zero-order valence-electron chi connectivity index (χ0n) is 15.0. The van der Waals surface area contributed by atoms with Gasteiger partial charge in [-0.15, -0.1) is 0 Å². The van der Waals surface area contributed by atoms with Crippen molar-refractivity contribution >= 4 is 87.2 Å². The van der Waals surface area contributed by atoms with E-state index in [-0.39, 0.29) is 16.5 Å². The third-order valence-corrected chi connectivity index (χ3v) is 5.43. The summed E-state index contributed by atoms with van der Waals surface area (Å²) < 4.78 is 12.1. The summed E-state index contributed by atoms with van der Waals surface area (Å²) in [4.78, 5) is 31.2. The Morgan fingerprint density at radius 1 is 1.07 bits per heavy atom. The molecule has 158 valence electrons. The number of carbonyl (C=O) groups excluding carboxylic acids is 2. The molecule has 2 aromatic rings. The van der Waals surface area contributed by atoms with E-state index in [9.17, 15) is 14.0 Å². The number of amidine groups is 1. The van der Waals surface area contributed by atoms with Crippen molar-refractivity contribution < 1.29 is 14.0 Å². The number of benzene rings is 2. The predicted octanol–water partition coefficient (Wildman–Crippen LogP) is 5.74. The number of imide groups is 1. The summed E-state index contributed by atoms with van der Waals surface area (Å²) in [6, 6.07) is 9.10. The topological polar surface area (TPSA) is 65.0 Å². The van der Waals surface area contributed by atoms with Gasteiger partial charge in [0.15, 0.2) is 6.17 Å². The number of aliphatic imine (C=N–C) groups is 1. The Labute approximate surface area is 196 Å². The number of nitrogens with zero attached hydrogens (tertiary/aromatic N) is 3. The molecule has 1 aliphatic rings. The Morgan fingerprint density at radius 3 is 2.33 bits per heavy atom. The highest BCUT2D eigenvalue weighted by Crippen LogP contribution is 2.35. The highest BCUT2D eigenvalue weighted by molar-refractivity contribution is 6.68. The van der Waals surface area contributed by atoms with Gasteiger partial charge in [0.1, 0.15) is 5.82 Å². The molecule has 1 atom stereocenters. The number of rotatable bonds is 4. The molecule has 0 aliphatic carbocycles. The number of alkyl halides is 3. The van der Waals surface area contributed by atoms with Crippen LogP contribution in [0.2, 0.25) is 10.0 Å². The van der Waals surface area contributed by atoms with Crippen molar-refractivity contribution in [1.29, 1.82) is 0 Å². The summed E-state index contributed by atoms with van der Waals surface area (Å²) in [5.74, 6) is -1.96. The lowest BCUT2D eigenvalue weighted by Crippen LogP contribution is -2.36. The fourth-order valence-corrected chi connectivity index (χ4v) is 3.22. The molecule has 0 radical (unpaired) electrons. The summed E-state index contributed by atoms with van der Waals surface area (Å²) >= 11 is 30.0. The predicted molar refractivity (Wildman–Crippen MR) is 119 cm³/mol. The zero-order chi connectivity index (χ0) is 22.2. The maximum Gasteiger partial charge on any atom is 0.337 e. The number of nitrogens with one attached hydrogen (secondary N) is 1. The van der Waals surface area contributed by atoms with E-state index >= 15 is 0 Å². The summed E-state index contributed by atoms with van der Waals surface area (Å²) in [7, 11) is 1.30. The third-order valence-electron chi connectivity index (χ3n) is 4.07. The van der Waals surface area contributed by atoms with Crippen molar-refractivity contribution in [3.63, 3.8) is 0 Å². The van der Waals surface area contributed by atoms with Crippen LogP contribution < -0.4 is 10.2 Å². The van der Waals surface area contributed by atoms with Gasteiger partial charge in [0.2, 0.25) is 9.63 Å². The molecule has 0 bridgehead atoms. The Balaban J connectivity index is 1.98. The zero-order valence-corrected chi connectivity index (χ0v) is 18.8. The number of hydrogen-bond donors (Lipinski definition) is 1. The lowest BCUT2D eigenvalue weighted by molar-refractivity contribution is -0.111. The van der Waals surface area contributed by atoms with Gasteiger partial charge in [-0.2, -0.15) is 0 Å². The van der Waals surface area contributed by atoms with E-state index in [1.54, 1.807) is 6.07 Å². The van der Waals surface area contributed by atoms with E-state index in [4.69, 9.17) is 58.0 Å². The average Bonchev–Trinajstić information content (AvgIpc) is 2.87. The van der Waals surface area contributed by atoms with Gasteiger partial charge in [0.05, 0.1) is 15.7 Å². The Kier molecular flexibility index (Phi) is 6.69. The maximum atomic E-state index is 14.1. The quantitative estimate of drug-likeness (QED) is 0.420. The highest BCUT2D eigenvalue weighted by Gasteiger charge is 2.44. The first-order chi connectivity index (χ1) is 14.0. The van der Waals surface area contributed by atoms with Crippen LogP contribution in [0.3, 0.4) is 0 Å². The van der Waals surface area contributed by atoms with Gasteiger partial charge in [0.25, 0.3) is 0 Å². The van der Waals surface area contributed by atoms with Gasteiger partial charge in [-0.25, -0.2) is 19.1 Å². The van der Waals surface area contributed by atoms with E-state index in [0.717, 1.165) is 11.0 Å². The maximum absolute atomic E-state index is 14.1. The van der Waals surface area contributed by atoms with E-state index in [0.29, 0.717) is 15.6 Å². The van der Waals surface area contributed by atoms with Gasteiger partial charge in [-0.3, -0.25) is 9.69 Å². The number of hydrogen-bond acceptors (Lipinski definition) is 4. The second-order valence-corrected chi connectivity index (χ2v) is 9.29. The van der Waals surface area contributed by atoms with Crippen LogP contribution in [0.1, 0.15) is 0 Å². The monoisotopic (exact) mass is 510 g/mol. The SMILES string of the molecule is CN1C(=O)N(c2ccccc2F)C(=O)C1=NC(Nc1ccc(Cl)c(Cl)c1)C(Cl)(Cl)Cl. The fraction of sp³-hybridized carbons (Fsp3) is 0.167. The summed E-state index contributed by atoms with van der Waals surface area (Å²) in [5.41, 5.74) is 0.183. The van der Waals surface area contributed by atoms with Crippen molar-refractivity contribution in [2.45, 2.75) is 9.96 Å². The van der Waals surface area contributed by atoms with Crippen LogP contribution in [0.15, 0.2) is 47.5 Å². The van der Waals surface area contributed by atoms with Crippen molar-refractivity contribution in [3.05, 3.63) is 58.3 Å². The molecule has 1 unspecified atom stereocenters. The van der Waals surface area contributed by atoms with Crippen molar-refractivity contribution in [2.75, 3.05) is 17.3 Å². The standard InChI is InChI=1S/C18H12Cl5FN4O2/c1-27-14(15(29)28(17(27)30)13-5-3-2-4-12(13)24)26-16(18(21,22)23)25-9-6-7-10(19)11(20)8-9/h2-8,16,25H,1H3. The van der Waals surface area contributed by atoms with Gasteiger partial charge < -0.3 is 5.32 Å². The molecular formula is C18H12Cl5FN4O2. The molecule has 1 saturated heterocycles. The van der Waals surface area contributed by atoms with E-state index in [1.807, 2.05) is 0 Å². The van der Waals surface area contributed by atoms with Gasteiger partial charge in [0, 0.05) is 12.7 Å². The van der Waals surface area contributed by atoms with E-state index < -0.39 is 27.7 Å². The molecule has 12 heteroatoms. The molecule has 3 amide bonds. The number of urea groups is 1. The van der Waals surface area contributed by atoms with Crippen LogP contribution in [-0.2, 0) is 4.79 Å². The molecule has 1 fully saturated rings. The van der Waals surface area contributed by atoms with Crippen LogP contribution >= 0.6 is 58.0 Å². The van der Waals surface area contributed by atoms with Crippen molar-refractivity contribution in [2.24, 2.45) is 4.99 Å². The van der Waals surface area contributed by atoms with E-state index in [2.05, 4.69) is 10.3 Å². The first-order valence-electron chi connectivity index (χ1n) is 8.23. The van der Waals surface area contributed by atoms with Gasteiger partial charge >= 0.3 is 11.9 Å². The minimum Gasteiger partial charge on any atom is -0.360 e. The Hall–Kier alpha value is -1.77. The summed E-state index contributed by atoms with van der Waals surface area (Å²) in [5, 5.41) is 3.39. The molecular weight excluding hydrogens is 500 g/mol. The molecule has 1 N–H and O–H groups in total. The summed E-state index contributed by atoms with van der Waals surface area (Å²) in [6.45, 7) is 0. The number of amides is 3. The second kappa shape index (κ2) is 8.77. The number of carbonyl (C=O) groups is 2. The molecule has 0 saturated carbocycles. The normalized spacial score (nSPS) is 17.1. The molecule has 0 aromatic heterocycles. The molecule has 2 aromatic carbocycles. The van der Waals surface area contributed by atoms with Crippen LogP contribution in [-0.4, -0.2) is 39.7 Å². The van der Waals surface area contributed by atoms with Gasteiger partial charge in [-0.1, -0.05) is 70.1 Å². The lowest BCUT2D eigenvalue weighted by atomic mass is 10.3. The van der Waals surface area contributed by atoms with Crippen LogP contribution in [0, 0.1) is 5.82 Å². The summed E-state index contributed by atoms with van der Waals surface area (Å²) in [6.07, 6.45) is -1.30. The molecule has 6 nitrogen and oxygen atoms in total. The number of halogens is 6. The smallest absolute Gasteiger partial charge is 0.337 e. The minimum absolute atomic E-state index is 0.215. The fourth-order valence-electron chi connectivity index (χ4n) is 2.61. The largest absolute Gasteiger partial charge is 0.360 e. The highest BCUT2D eigenvalue weighted by atomic mass is 35.6. The first kappa shape index (κ1) is 22.9. The Bertz CT molecular complexity index is 1040. The van der Waals surface area contributed by atoms with Crippen LogP contribution in [0.4, 0.5) is 20.6 Å². The third kappa shape index (κ3) is 4.60. The van der Waals surface area contributed by atoms with Crippen molar-refractivity contribution in [3.8, 4) is 0 Å². The molecule has 1 aliphatic heterocycles. The lowest BCUT2D eigenvalue weighted by Gasteiger charge is -2.24. The Morgan fingerprint density at radius 2 is 1.73 bits per heavy atom. The van der Waals surface area contributed by atoms with Crippen molar-refractivity contribution in [1.82, 2.24) is 4.90 Å². The second-order valence-electron chi connectivity index (χ2n) is 6.10. The first-order valence-corrected chi connectivity index (χ1v) is 10.1. The number of anilines is 2. The average molecular weight is 513 g/mol. The van der Waals surface area contributed by atoms with E-state index in [1.165, 1.54) is 37.4 Å². The number of likely N-dealkylation sites (N-methyl/N-ethyl adjacent to an activating group) is 1. The minimum atomic E-state index is -2.02. The molecule has 3 rings (SSSR count). The van der Waals surface area contributed by atoms with Gasteiger partial charge in [-0.05, 0) is 30.3 Å². The number of para-hydroxylation sites is 1. The van der Waals surface area contributed by atoms with Crippen LogP contribution in [0.25, 0.3) is 0 Å². The molecule has 0 spiro atoms.